The third-order valence-corrected chi connectivity index (χ3v) is 0. The highest BCUT2D eigenvalue weighted by molar-refractivity contribution is 7.50. The molecular formula is CH5O3P. The summed E-state index contributed by atoms with van der Waals surface area (Å²) in [6.07, 6.45) is 0. The van der Waals surface area contributed by atoms with Crippen LogP contribution in [0.5, 0.6) is 0 Å². The van der Waals surface area contributed by atoms with Crippen molar-refractivity contribution in [3.8, 4) is 0 Å². The summed E-state index contributed by atoms with van der Waals surface area (Å²) in [6, 6.07) is 0. The summed E-state index contributed by atoms with van der Waals surface area (Å²) < 4.78 is 9.33. The van der Waals surface area contributed by atoms with Crippen LogP contribution in [0.25, 0.3) is 0 Å². The lowest BCUT2D eigenvalue weighted by molar-refractivity contribution is 0.381. The molecule has 0 aliphatic carbocycles. The van der Waals surface area contributed by atoms with E-state index in [0.29, 0.717) is 0 Å². The molecule has 0 aromatic heterocycles. The van der Waals surface area contributed by atoms with Crippen LogP contribution in [0.3, 0.4) is 0 Å². The quantitative estimate of drug-likeness (QED) is 0.412. The molecule has 0 radical (unpaired) electrons. The van der Waals surface area contributed by atoms with Gasteiger partial charge in [-0.3, -0.25) is 4.57 Å². The largest absolute Gasteiger partial charge is 0.325 e. The highest BCUT2D eigenvalue weighted by Gasteiger charge is 1.95. The summed E-state index contributed by atoms with van der Waals surface area (Å²) in [5.41, 5.74) is 0. The van der Waals surface area contributed by atoms with Gasteiger partial charge in [0.05, 0.1) is 0 Å². The fraction of sp³-hybridized carbons (Fsp3) is 1.00. The molecule has 0 aliphatic heterocycles. The third kappa shape index (κ3) is 853. The van der Waals surface area contributed by atoms with Gasteiger partial charge < -0.3 is 9.79 Å². The lowest BCUT2D eigenvalue weighted by Crippen LogP contribution is -1.64. The molecular weight excluding hydrogens is 93.0 g/mol. The minimum absolute atomic E-state index is 0.854. The number of rotatable bonds is 0. The normalized spacial score (nSPS) is 11.8. The molecule has 0 saturated heterocycles. The molecule has 0 rings (SSSR count). The minimum Gasteiger partial charge on any atom is -0.325 e. The summed E-state index contributed by atoms with van der Waals surface area (Å²) in [6.45, 7) is 0.854. The average molecular weight is 98.0 g/mol. The van der Waals surface area contributed by atoms with Gasteiger partial charge in [0.15, 0.2) is 0 Å². The van der Waals surface area contributed by atoms with Crippen LogP contribution < -0.4 is 0 Å². The van der Waals surface area contributed by atoms with E-state index < -0.39 is 7.60 Å². The third-order valence-electron chi connectivity index (χ3n) is 0. The zero-order valence-electron chi connectivity index (χ0n) is 2.75. The van der Waals surface area contributed by atoms with E-state index in [1.807, 2.05) is 0 Å². The second kappa shape index (κ2) is 1.09. The summed E-state index contributed by atoms with van der Waals surface area (Å²) >= 11 is 0. The van der Waals surface area contributed by atoms with E-state index in [-0.39, 0.29) is 0 Å². The van der Waals surface area contributed by atoms with Gasteiger partial charge in [-0.1, -0.05) is 0 Å². The predicted octanol–water partition coefficient (Wildman–Crippen LogP) is -0.206. The van der Waals surface area contributed by atoms with Crippen molar-refractivity contribution in [2.24, 2.45) is 0 Å². The van der Waals surface area contributed by atoms with Crippen LogP contribution in [0.2, 0.25) is 0 Å². The van der Waals surface area contributed by atoms with Crippen molar-refractivity contribution < 1.29 is 14.4 Å². The summed E-state index contributed by atoms with van der Waals surface area (Å²) in [5, 5.41) is 0. The first-order valence-electron chi connectivity index (χ1n) is 1.03. The lowest BCUT2D eigenvalue weighted by atomic mass is 13.9. The van der Waals surface area contributed by atoms with Gasteiger partial charge in [-0.15, -0.1) is 0 Å². The first-order valence-corrected chi connectivity index (χ1v) is 3.09. The Morgan fingerprint density at radius 1 is 1.60 bits per heavy atom. The number of hydrogen-bond donors (Lipinski definition) is 2. The Labute approximate surface area is 29.8 Å². The van der Waals surface area contributed by atoms with Crippen molar-refractivity contribution in [1.82, 2.24) is 0 Å². The van der Waals surface area contributed by atoms with Gasteiger partial charge in [-0.05, 0) is 0 Å². The molecule has 0 aromatic rings. The zero-order valence-corrected chi connectivity index (χ0v) is 3.64. The van der Waals surface area contributed by atoms with Crippen LogP contribution >= 0.6 is 7.60 Å². The summed E-state index contributed by atoms with van der Waals surface area (Å²) in [7, 11) is -3.64. The van der Waals surface area contributed by atoms with Crippen molar-refractivity contribution in [2.75, 3.05) is 6.66 Å². The molecule has 0 aromatic carbocycles. The number of hydrogen-bond acceptors (Lipinski definition) is 1. The van der Waals surface area contributed by atoms with Crippen LogP contribution in [0, 0.1) is 0 Å². The molecule has 0 unspecified atom stereocenters. The molecule has 0 saturated carbocycles. The predicted molar refractivity (Wildman–Crippen MR) is 18.0 cm³/mol. The maximum absolute atomic E-state index is 9.33. The standard InChI is InChI=1S/CH5O3P/c1-5(2,3)4/h1H3,(H2,2,3,4)/i1+2. The molecule has 5 heavy (non-hydrogen) atoms. The van der Waals surface area contributed by atoms with E-state index >= 15 is 0 Å². The van der Waals surface area contributed by atoms with Gasteiger partial charge in [0.2, 0.25) is 0 Å². The molecule has 32 valence electrons. The second-order valence-electron chi connectivity index (χ2n) is 0.835. The molecule has 0 atom stereocenters. The molecule has 3 nitrogen and oxygen atoms in total. The van der Waals surface area contributed by atoms with Crippen LogP contribution in [-0.4, -0.2) is 16.5 Å². The van der Waals surface area contributed by atoms with Gasteiger partial charge in [-0.2, -0.15) is 0 Å². The van der Waals surface area contributed by atoms with Gasteiger partial charge in [-0.25, -0.2) is 0 Å². The molecule has 0 heterocycles. The van der Waals surface area contributed by atoms with Crippen LogP contribution in [0.1, 0.15) is 0 Å². The Hall–Kier alpha value is 0.150. The topological polar surface area (TPSA) is 57.5 Å². The fourth-order valence-corrected chi connectivity index (χ4v) is 0. The zero-order chi connectivity index (χ0) is 4.50. The first-order chi connectivity index (χ1) is 2.00. The van der Waals surface area contributed by atoms with Crippen LogP contribution in [-0.2, 0) is 4.57 Å². The SMILES string of the molecule is [14CH3]P(=O)(O)O. The second-order valence-corrected chi connectivity index (χ2v) is 2.51. The molecule has 2 N–H and O–H groups in total. The smallest absolute Gasteiger partial charge is 0.322 e. The Balaban J connectivity index is 3.47. The highest BCUT2D eigenvalue weighted by atomic mass is 31.2. The molecule has 0 amide bonds. The molecule has 0 bridgehead atoms. The summed E-state index contributed by atoms with van der Waals surface area (Å²) in [5.74, 6) is 0. The Bertz CT molecular complexity index is 53.0. The first kappa shape index (κ1) is 5.15. The van der Waals surface area contributed by atoms with Crippen molar-refractivity contribution in [2.45, 2.75) is 0 Å². The molecule has 0 fully saturated rings. The van der Waals surface area contributed by atoms with E-state index in [0.717, 1.165) is 6.66 Å². The van der Waals surface area contributed by atoms with Crippen molar-refractivity contribution in [3.05, 3.63) is 0 Å². The molecule has 4 heteroatoms. The van der Waals surface area contributed by atoms with E-state index in [1.54, 1.807) is 0 Å². The van der Waals surface area contributed by atoms with Gasteiger partial charge in [0.1, 0.15) is 0 Å². The fourth-order valence-electron chi connectivity index (χ4n) is 0. The monoisotopic (exact) mass is 98.0 g/mol. The van der Waals surface area contributed by atoms with E-state index in [2.05, 4.69) is 0 Å². The van der Waals surface area contributed by atoms with Crippen molar-refractivity contribution in [3.63, 3.8) is 0 Å². The Morgan fingerprint density at radius 3 is 1.60 bits per heavy atom. The van der Waals surface area contributed by atoms with Crippen LogP contribution in [0.15, 0.2) is 0 Å². The molecule has 0 aliphatic rings. The average Bonchev–Trinajstić information content (AvgIpc) is 0.722. The molecule has 0 spiro atoms. The maximum atomic E-state index is 9.33. The van der Waals surface area contributed by atoms with E-state index in [4.69, 9.17) is 9.79 Å². The maximum Gasteiger partial charge on any atom is 0.322 e. The van der Waals surface area contributed by atoms with E-state index in [9.17, 15) is 4.57 Å². The van der Waals surface area contributed by atoms with Gasteiger partial charge >= 0.3 is 7.60 Å². The van der Waals surface area contributed by atoms with Crippen LogP contribution in [0.4, 0.5) is 0 Å². The Kier molecular flexibility index (Phi) is 1.12. The highest BCUT2D eigenvalue weighted by Crippen LogP contribution is 2.26. The van der Waals surface area contributed by atoms with Crippen molar-refractivity contribution >= 4 is 7.60 Å². The lowest BCUT2D eigenvalue weighted by Gasteiger charge is -1.84. The van der Waals surface area contributed by atoms with Gasteiger partial charge in [0.25, 0.3) is 0 Å². The van der Waals surface area contributed by atoms with E-state index in [1.165, 1.54) is 0 Å². The van der Waals surface area contributed by atoms with Gasteiger partial charge in [0, 0.05) is 6.66 Å². The minimum atomic E-state index is -3.64. The summed E-state index contributed by atoms with van der Waals surface area (Å²) in [4.78, 5) is 15.3. The van der Waals surface area contributed by atoms with Crippen molar-refractivity contribution in [1.29, 1.82) is 0 Å². The Morgan fingerprint density at radius 2 is 1.60 bits per heavy atom.